The normalized spacial score (nSPS) is 18.4. The van der Waals surface area contributed by atoms with Crippen LogP contribution >= 0.6 is 0 Å². The Hall–Kier alpha value is -3.01. The largest absolute Gasteiger partial charge is 0.487 e. The van der Waals surface area contributed by atoms with Crippen molar-refractivity contribution >= 4 is 16.7 Å². The Morgan fingerprint density at radius 3 is 2.62 bits per heavy atom. The van der Waals surface area contributed by atoms with E-state index >= 15 is 0 Å². The van der Waals surface area contributed by atoms with Gasteiger partial charge in [-0.15, -0.1) is 0 Å². The van der Waals surface area contributed by atoms with E-state index in [4.69, 9.17) is 9.47 Å². The zero-order valence-electron chi connectivity index (χ0n) is 17.1. The van der Waals surface area contributed by atoms with Crippen LogP contribution in [0.4, 0.5) is 0 Å². The molecule has 0 aromatic heterocycles. The first-order valence-electron chi connectivity index (χ1n) is 10.2. The Balaban J connectivity index is 1.51. The fraction of sp³-hybridized carbons (Fsp3) is 0.320. The van der Waals surface area contributed by atoms with Crippen molar-refractivity contribution in [2.45, 2.75) is 51.4 Å². The van der Waals surface area contributed by atoms with Gasteiger partial charge in [0.15, 0.2) is 6.10 Å². The molecule has 1 amide bonds. The number of carbonyl (C=O) groups is 1. The summed E-state index contributed by atoms with van der Waals surface area (Å²) < 4.78 is 12.1. The van der Waals surface area contributed by atoms with Gasteiger partial charge in [-0.05, 0) is 49.2 Å². The van der Waals surface area contributed by atoms with Crippen LogP contribution in [0.2, 0.25) is 0 Å². The molecule has 1 heterocycles. The van der Waals surface area contributed by atoms with Crippen molar-refractivity contribution in [3.63, 3.8) is 0 Å². The van der Waals surface area contributed by atoms with E-state index in [0.717, 1.165) is 22.1 Å². The molecule has 0 saturated carbocycles. The van der Waals surface area contributed by atoms with Gasteiger partial charge in [0.25, 0.3) is 5.91 Å². The molecule has 3 aromatic carbocycles. The molecule has 0 aliphatic carbocycles. The average molecular weight is 389 g/mol. The van der Waals surface area contributed by atoms with Crippen LogP contribution in [-0.2, 0) is 4.79 Å². The number of fused-ring (bicyclic) bond motifs is 2. The van der Waals surface area contributed by atoms with E-state index < -0.39 is 6.10 Å². The van der Waals surface area contributed by atoms with Crippen LogP contribution in [0.1, 0.15) is 45.2 Å². The van der Waals surface area contributed by atoms with Crippen molar-refractivity contribution in [1.82, 2.24) is 5.32 Å². The van der Waals surface area contributed by atoms with Crippen molar-refractivity contribution in [1.29, 1.82) is 0 Å². The lowest BCUT2D eigenvalue weighted by molar-refractivity contribution is -0.129. The molecule has 1 N–H and O–H groups in total. The first-order valence-corrected chi connectivity index (χ1v) is 10.2. The fourth-order valence-corrected chi connectivity index (χ4v) is 3.92. The highest BCUT2D eigenvalue weighted by atomic mass is 16.5. The predicted octanol–water partition coefficient (Wildman–Crippen LogP) is 5.42. The number of nitrogens with one attached hydrogen (secondary N) is 1. The molecule has 3 aromatic rings. The van der Waals surface area contributed by atoms with Crippen molar-refractivity contribution in [2.24, 2.45) is 0 Å². The molecule has 29 heavy (non-hydrogen) atoms. The average Bonchev–Trinajstić information content (AvgIpc) is 2.71. The van der Waals surface area contributed by atoms with Crippen LogP contribution < -0.4 is 14.8 Å². The van der Waals surface area contributed by atoms with Crippen LogP contribution in [-0.4, -0.2) is 17.6 Å². The van der Waals surface area contributed by atoms with E-state index in [2.05, 4.69) is 11.4 Å². The molecule has 1 aliphatic rings. The van der Waals surface area contributed by atoms with E-state index in [-0.39, 0.29) is 17.6 Å². The summed E-state index contributed by atoms with van der Waals surface area (Å²) in [5, 5.41) is 5.44. The van der Waals surface area contributed by atoms with E-state index in [9.17, 15) is 4.79 Å². The molecule has 1 aliphatic heterocycles. The minimum atomic E-state index is -0.547. The van der Waals surface area contributed by atoms with Crippen molar-refractivity contribution in [3.8, 4) is 11.5 Å². The molecule has 2 atom stereocenters. The van der Waals surface area contributed by atoms with Gasteiger partial charge in [0.2, 0.25) is 0 Å². The highest BCUT2D eigenvalue weighted by Gasteiger charge is 2.35. The molecule has 4 nitrogen and oxygen atoms in total. The summed E-state index contributed by atoms with van der Waals surface area (Å²) in [5.74, 6) is 1.44. The maximum Gasteiger partial charge on any atom is 0.261 e. The van der Waals surface area contributed by atoms with Gasteiger partial charge in [-0.25, -0.2) is 0 Å². The van der Waals surface area contributed by atoms with Gasteiger partial charge in [-0.2, -0.15) is 0 Å². The molecule has 4 heteroatoms. The Morgan fingerprint density at radius 1 is 1.10 bits per heavy atom. The second-order valence-electron chi connectivity index (χ2n) is 8.19. The van der Waals surface area contributed by atoms with E-state index in [1.165, 1.54) is 0 Å². The molecule has 4 rings (SSSR count). The van der Waals surface area contributed by atoms with Gasteiger partial charge in [0.1, 0.15) is 17.1 Å². The summed E-state index contributed by atoms with van der Waals surface area (Å²) in [6, 6.07) is 21.8. The molecule has 0 saturated heterocycles. The Kier molecular flexibility index (Phi) is 5.18. The second-order valence-corrected chi connectivity index (χ2v) is 8.19. The Morgan fingerprint density at radius 2 is 1.83 bits per heavy atom. The zero-order chi connectivity index (χ0) is 20.4. The van der Waals surface area contributed by atoms with Crippen LogP contribution in [0.25, 0.3) is 10.8 Å². The third kappa shape index (κ3) is 4.21. The van der Waals surface area contributed by atoms with Crippen molar-refractivity contribution in [3.05, 3.63) is 72.3 Å². The molecule has 0 unspecified atom stereocenters. The van der Waals surface area contributed by atoms with Crippen molar-refractivity contribution < 1.29 is 14.3 Å². The molecule has 0 spiro atoms. The number of carbonyl (C=O) groups excluding carboxylic acids is 1. The highest BCUT2D eigenvalue weighted by Crippen LogP contribution is 2.39. The topological polar surface area (TPSA) is 47.6 Å². The number of amides is 1. The summed E-state index contributed by atoms with van der Waals surface area (Å²) in [5.41, 5.74) is 0.675. The first-order chi connectivity index (χ1) is 13.9. The summed E-state index contributed by atoms with van der Waals surface area (Å²) >= 11 is 0. The van der Waals surface area contributed by atoms with Crippen molar-refractivity contribution in [2.75, 3.05) is 0 Å². The minimum absolute atomic E-state index is 0.0989. The molecule has 0 fully saturated rings. The summed E-state index contributed by atoms with van der Waals surface area (Å²) in [6.07, 6.45) is 0.754. The third-order valence-electron chi connectivity index (χ3n) is 5.36. The summed E-state index contributed by atoms with van der Waals surface area (Å²) in [4.78, 5) is 13.1. The van der Waals surface area contributed by atoms with Crippen LogP contribution in [0.15, 0.2) is 66.7 Å². The maximum atomic E-state index is 13.1. The molecular weight excluding hydrogens is 362 g/mol. The molecule has 0 radical (unpaired) electrons. The van der Waals surface area contributed by atoms with E-state index in [1.54, 1.807) is 0 Å². The Bertz CT molecular complexity index is 1030. The monoisotopic (exact) mass is 389 g/mol. The quantitative estimate of drug-likeness (QED) is 0.634. The Labute approximate surface area is 171 Å². The van der Waals surface area contributed by atoms with Crippen LogP contribution in [0, 0.1) is 0 Å². The lowest BCUT2D eigenvalue weighted by Crippen LogP contribution is -2.45. The first kappa shape index (κ1) is 19.3. The van der Waals surface area contributed by atoms with Crippen LogP contribution in [0.3, 0.4) is 0 Å². The molecular formula is C25H27NO3. The SMILES string of the molecule is CC[C@H](Oc1ccc2ccccc2c1)C(=O)N[C@H]1CC(C)(C)Oc2ccccc21. The zero-order valence-corrected chi connectivity index (χ0v) is 17.1. The highest BCUT2D eigenvalue weighted by molar-refractivity contribution is 5.84. The summed E-state index contributed by atoms with van der Waals surface area (Å²) in [6.45, 7) is 6.06. The molecule has 150 valence electrons. The minimum Gasteiger partial charge on any atom is -0.487 e. The number of hydrogen-bond donors (Lipinski definition) is 1. The standard InChI is InChI=1S/C25H27NO3/c1-4-22(28-19-14-13-17-9-5-6-10-18(17)15-19)24(27)26-21-16-25(2,3)29-23-12-8-7-11-20(21)23/h5-15,21-22H,4,16H2,1-3H3,(H,26,27)/t21-,22-/m0/s1. The van der Waals surface area contributed by atoms with E-state index in [1.807, 2.05) is 81.4 Å². The van der Waals surface area contributed by atoms with E-state index in [0.29, 0.717) is 18.6 Å². The van der Waals surface area contributed by atoms with Crippen LogP contribution in [0.5, 0.6) is 11.5 Å². The van der Waals surface area contributed by atoms with Gasteiger partial charge >= 0.3 is 0 Å². The summed E-state index contributed by atoms with van der Waals surface area (Å²) in [7, 11) is 0. The fourth-order valence-electron chi connectivity index (χ4n) is 3.92. The van der Waals surface area contributed by atoms with Gasteiger partial charge in [0.05, 0.1) is 6.04 Å². The van der Waals surface area contributed by atoms with Gasteiger partial charge in [-0.3, -0.25) is 4.79 Å². The van der Waals surface area contributed by atoms with Gasteiger partial charge in [0, 0.05) is 12.0 Å². The maximum absolute atomic E-state index is 13.1. The molecule has 0 bridgehead atoms. The smallest absolute Gasteiger partial charge is 0.261 e. The van der Waals surface area contributed by atoms with Gasteiger partial charge < -0.3 is 14.8 Å². The second kappa shape index (κ2) is 7.78. The van der Waals surface area contributed by atoms with Gasteiger partial charge in [-0.1, -0.05) is 55.5 Å². The number of hydrogen-bond acceptors (Lipinski definition) is 3. The lowest BCUT2D eigenvalue weighted by atomic mass is 9.89. The number of ether oxygens (including phenoxy) is 2. The number of benzene rings is 3. The predicted molar refractivity (Wildman–Crippen MR) is 115 cm³/mol. The number of rotatable bonds is 5. The lowest BCUT2D eigenvalue weighted by Gasteiger charge is -2.38. The number of para-hydroxylation sites is 1. The third-order valence-corrected chi connectivity index (χ3v) is 5.36.